The van der Waals surface area contributed by atoms with Crippen molar-refractivity contribution in [2.45, 2.75) is 12.5 Å². The number of para-hydroxylation sites is 1. The van der Waals surface area contributed by atoms with Crippen LogP contribution >= 0.6 is 11.6 Å². The van der Waals surface area contributed by atoms with Crippen molar-refractivity contribution in [1.29, 1.82) is 0 Å². The van der Waals surface area contributed by atoms with E-state index >= 15 is 0 Å². The maximum absolute atomic E-state index is 11.0. The number of hydrogen-bond donors (Lipinski definition) is 1. The Labute approximate surface area is 127 Å². The smallest absolute Gasteiger partial charge is 0.272 e. The zero-order valence-electron chi connectivity index (χ0n) is 11.5. The van der Waals surface area contributed by atoms with E-state index in [0.717, 1.165) is 5.56 Å². The first-order valence-corrected chi connectivity index (χ1v) is 6.72. The van der Waals surface area contributed by atoms with Crippen LogP contribution in [-0.4, -0.2) is 12.0 Å². The lowest BCUT2D eigenvalue weighted by molar-refractivity contribution is -0.385. The van der Waals surface area contributed by atoms with E-state index in [2.05, 4.69) is 0 Å². The number of benzene rings is 2. The number of nitrogens with zero attached hydrogens (tertiary/aromatic N) is 1. The molecule has 0 bridgehead atoms. The normalized spacial score (nSPS) is 12.0. The molecule has 0 fully saturated rings. The third kappa shape index (κ3) is 3.51. The van der Waals surface area contributed by atoms with Gasteiger partial charge in [0, 0.05) is 28.3 Å². The van der Waals surface area contributed by atoms with Crippen molar-refractivity contribution < 1.29 is 9.66 Å². The SMILES string of the molecule is COc1ccc(Cl)cc1C(N)Cc1ccccc1[N+](=O)[O-]. The minimum atomic E-state index is -0.445. The minimum Gasteiger partial charge on any atom is -0.496 e. The summed E-state index contributed by atoms with van der Waals surface area (Å²) < 4.78 is 5.26. The van der Waals surface area contributed by atoms with Crippen LogP contribution in [0, 0.1) is 10.1 Å². The molecule has 2 rings (SSSR count). The second-order valence-corrected chi connectivity index (χ2v) is 5.02. The standard InChI is InChI=1S/C15H15ClN2O3/c1-21-15-7-6-11(16)9-12(15)13(17)8-10-4-2-3-5-14(10)18(19)20/h2-7,9,13H,8,17H2,1H3. The average Bonchev–Trinajstić information content (AvgIpc) is 2.47. The fraction of sp³-hybridized carbons (Fsp3) is 0.200. The highest BCUT2D eigenvalue weighted by atomic mass is 35.5. The number of rotatable bonds is 5. The lowest BCUT2D eigenvalue weighted by Crippen LogP contribution is -2.15. The van der Waals surface area contributed by atoms with Gasteiger partial charge in [0.2, 0.25) is 0 Å². The van der Waals surface area contributed by atoms with E-state index in [9.17, 15) is 10.1 Å². The molecule has 5 nitrogen and oxygen atoms in total. The lowest BCUT2D eigenvalue weighted by atomic mass is 9.98. The molecule has 1 unspecified atom stereocenters. The molecule has 0 aliphatic rings. The molecule has 0 amide bonds. The zero-order valence-corrected chi connectivity index (χ0v) is 12.2. The molecule has 0 aliphatic carbocycles. The Morgan fingerprint density at radius 2 is 2.05 bits per heavy atom. The maximum Gasteiger partial charge on any atom is 0.272 e. The van der Waals surface area contributed by atoms with Gasteiger partial charge in [-0.25, -0.2) is 0 Å². The average molecular weight is 307 g/mol. The Morgan fingerprint density at radius 3 is 2.71 bits per heavy atom. The highest BCUT2D eigenvalue weighted by Gasteiger charge is 2.18. The summed E-state index contributed by atoms with van der Waals surface area (Å²) >= 11 is 5.98. The molecule has 110 valence electrons. The van der Waals surface area contributed by atoms with Crippen molar-refractivity contribution in [3.05, 3.63) is 68.7 Å². The fourth-order valence-electron chi connectivity index (χ4n) is 2.20. The molecule has 0 aliphatic heterocycles. The molecular weight excluding hydrogens is 292 g/mol. The van der Waals surface area contributed by atoms with Crippen molar-refractivity contribution in [3.63, 3.8) is 0 Å². The van der Waals surface area contributed by atoms with Crippen molar-refractivity contribution in [3.8, 4) is 5.75 Å². The number of hydrogen-bond acceptors (Lipinski definition) is 4. The van der Waals surface area contributed by atoms with Crippen LogP contribution in [0.5, 0.6) is 5.75 Å². The largest absolute Gasteiger partial charge is 0.496 e. The van der Waals surface area contributed by atoms with Gasteiger partial charge in [-0.2, -0.15) is 0 Å². The van der Waals surface area contributed by atoms with E-state index in [4.69, 9.17) is 22.1 Å². The van der Waals surface area contributed by atoms with Gasteiger partial charge in [-0.15, -0.1) is 0 Å². The topological polar surface area (TPSA) is 78.4 Å². The summed E-state index contributed by atoms with van der Waals surface area (Å²) in [6.45, 7) is 0. The monoisotopic (exact) mass is 306 g/mol. The van der Waals surface area contributed by atoms with Crippen LogP contribution in [0.3, 0.4) is 0 Å². The Morgan fingerprint density at radius 1 is 1.33 bits per heavy atom. The maximum atomic E-state index is 11.0. The Bertz CT molecular complexity index is 661. The molecule has 2 aromatic carbocycles. The third-order valence-corrected chi connectivity index (χ3v) is 3.45. The van der Waals surface area contributed by atoms with Crippen LogP contribution in [0.1, 0.15) is 17.2 Å². The van der Waals surface area contributed by atoms with E-state index in [-0.39, 0.29) is 5.69 Å². The number of ether oxygens (including phenoxy) is 1. The quantitative estimate of drug-likeness (QED) is 0.677. The number of methoxy groups -OCH3 is 1. The molecule has 1 atom stereocenters. The van der Waals surface area contributed by atoms with E-state index in [1.54, 1.807) is 43.5 Å². The molecule has 6 heteroatoms. The van der Waals surface area contributed by atoms with Crippen LogP contribution in [0.15, 0.2) is 42.5 Å². The van der Waals surface area contributed by atoms with Gasteiger partial charge in [-0.1, -0.05) is 29.8 Å². The van der Waals surface area contributed by atoms with E-state index in [1.165, 1.54) is 6.07 Å². The number of nitrogens with two attached hydrogens (primary N) is 1. The summed E-state index contributed by atoms with van der Waals surface area (Å²) in [4.78, 5) is 10.6. The first-order valence-electron chi connectivity index (χ1n) is 6.34. The summed E-state index contributed by atoms with van der Waals surface area (Å²) in [7, 11) is 1.55. The van der Waals surface area contributed by atoms with E-state index in [1.807, 2.05) is 0 Å². The van der Waals surface area contributed by atoms with Gasteiger partial charge in [0.1, 0.15) is 5.75 Å². The number of halogens is 1. The molecule has 2 N–H and O–H groups in total. The van der Waals surface area contributed by atoms with Gasteiger partial charge < -0.3 is 10.5 Å². The molecule has 0 radical (unpaired) electrons. The summed E-state index contributed by atoms with van der Waals surface area (Å²) in [6.07, 6.45) is 0.327. The molecule has 0 saturated heterocycles. The first kappa shape index (κ1) is 15.3. The third-order valence-electron chi connectivity index (χ3n) is 3.22. The van der Waals surface area contributed by atoms with Crippen LogP contribution < -0.4 is 10.5 Å². The first-order chi connectivity index (χ1) is 10.0. The Kier molecular flexibility index (Phi) is 4.77. The zero-order chi connectivity index (χ0) is 15.4. The minimum absolute atomic E-state index is 0.0638. The van der Waals surface area contributed by atoms with Crippen LogP contribution in [0.2, 0.25) is 5.02 Å². The predicted molar refractivity (Wildman–Crippen MR) is 81.7 cm³/mol. The van der Waals surface area contributed by atoms with Crippen molar-refractivity contribution in [1.82, 2.24) is 0 Å². The molecule has 21 heavy (non-hydrogen) atoms. The number of nitro groups is 1. The van der Waals surface area contributed by atoms with Crippen molar-refractivity contribution in [2.24, 2.45) is 5.73 Å². The highest BCUT2D eigenvalue weighted by molar-refractivity contribution is 6.30. The van der Waals surface area contributed by atoms with Crippen LogP contribution in [-0.2, 0) is 6.42 Å². The molecule has 2 aromatic rings. The Hall–Kier alpha value is -2.11. The number of nitro benzene ring substituents is 1. The van der Waals surface area contributed by atoms with Crippen molar-refractivity contribution in [2.75, 3.05) is 7.11 Å². The summed E-state index contributed by atoms with van der Waals surface area (Å²) in [5.41, 5.74) is 7.55. The van der Waals surface area contributed by atoms with Gasteiger partial charge in [-0.05, 0) is 24.6 Å². The van der Waals surface area contributed by atoms with E-state index in [0.29, 0.717) is 22.8 Å². The van der Waals surface area contributed by atoms with Gasteiger partial charge in [-0.3, -0.25) is 10.1 Å². The fourth-order valence-corrected chi connectivity index (χ4v) is 2.38. The van der Waals surface area contributed by atoms with Gasteiger partial charge in [0.15, 0.2) is 0 Å². The van der Waals surface area contributed by atoms with Gasteiger partial charge >= 0.3 is 0 Å². The summed E-state index contributed by atoms with van der Waals surface area (Å²) in [5.74, 6) is 0.616. The van der Waals surface area contributed by atoms with Gasteiger partial charge in [0.05, 0.1) is 12.0 Å². The van der Waals surface area contributed by atoms with E-state index < -0.39 is 11.0 Å². The second kappa shape index (κ2) is 6.56. The van der Waals surface area contributed by atoms with Crippen LogP contribution in [0.25, 0.3) is 0 Å². The highest BCUT2D eigenvalue weighted by Crippen LogP contribution is 2.30. The molecule has 0 saturated carbocycles. The Balaban J connectivity index is 2.32. The predicted octanol–water partition coefficient (Wildman–Crippen LogP) is 3.50. The molecule has 0 aromatic heterocycles. The summed E-state index contributed by atoms with van der Waals surface area (Å²) in [5, 5.41) is 11.6. The van der Waals surface area contributed by atoms with Crippen LogP contribution in [0.4, 0.5) is 5.69 Å². The molecule has 0 heterocycles. The molecule has 0 spiro atoms. The van der Waals surface area contributed by atoms with Gasteiger partial charge in [0.25, 0.3) is 5.69 Å². The second-order valence-electron chi connectivity index (χ2n) is 4.58. The van der Waals surface area contributed by atoms with Crippen molar-refractivity contribution >= 4 is 17.3 Å². The lowest BCUT2D eigenvalue weighted by Gasteiger charge is -2.16. The summed E-state index contributed by atoms with van der Waals surface area (Å²) in [6, 6.07) is 11.3. The molecular formula is C15H15ClN2O3.